The number of nitrogens with two attached hydrogens (primary N) is 2. The second-order valence-electron chi connectivity index (χ2n) is 11.5. The molecule has 0 amide bonds. The third-order valence-corrected chi connectivity index (χ3v) is 15.2. The summed E-state index contributed by atoms with van der Waals surface area (Å²) in [5.41, 5.74) is 11.7. The number of ether oxygens (including phenoxy) is 2. The Bertz CT molecular complexity index is 2250. The van der Waals surface area contributed by atoms with Gasteiger partial charge in [0, 0.05) is 56.6 Å². The molecule has 0 aliphatic carbocycles. The predicted molar refractivity (Wildman–Crippen MR) is 194 cm³/mol. The third-order valence-electron chi connectivity index (χ3n) is 7.63. The maximum absolute atomic E-state index is 12.4. The Morgan fingerprint density at radius 1 is 0.533 bits per heavy atom. The summed E-state index contributed by atoms with van der Waals surface area (Å²) in [6.45, 7) is -2.34. The van der Waals surface area contributed by atoms with Crippen molar-refractivity contribution in [1.29, 1.82) is 0 Å². The molecule has 0 spiro atoms. The average Bonchev–Trinajstić information content (AvgIpc) is 3.83. The van der Waals surface area contributed by atoms with Crippen LogP contribution in [0.1, 0.15) is 12.5 Å². The normalized spacial score (nSPS) is 29.2. The molecule has 12 atom stereocenters. The number of aliphatic hydroxyl groups excluding tert-OH is 4. The van der Waals surface area contributed by atoms with Crippen molar-refractivity contribution in [2.75, 3.05) is 24.7 Å². The number of hydrogen-bond acceptors (Lipinski definition) is 25. The minimum Gasteiger partial charge on any atom is -0.387 e. The van der Waals surface area contributed by atoms with Crippen molar-refractivity contribution < 1.29 is 103 Å². The second kappa shape index (κ2) is 20.0. The summed E-state index contributed by atoms with van der Waals surface area (Å²) in [4.78, 5) is 72.6. The van der Waals surface area contributed by atoms with Crippen LogP contribution in [0.2, 0.25) is 0 Å². The van der Waals surface area contributed by atoms with Gasteiger partial charge in [0.25, 0.3) is 0 Å². The molecule has 60 heavy (non-hydrogen) atoms. The predicted octanol–water partition coefficient (Wildman–Crippen LogP) is -3.47. The van der Waals surface area contributed by atoms with Gasteiger partial charge in [-0.2, -0.15) is 17.2 Å². The van der Waals surface area contributed by atoms with Gasteiger partial charge in [-0.1, -0.05) is 0 Å². The maximum Gasteiger partial charge on any atom is 0.490 e. The zero-order chi connectivity index (χ0) is 41.9. The van der Waals surface area contributed by atoms with E-state index in [1.165, 1.54) is 0 Å². The Hall–Kier alpha value is -1.04. The molecule has 2 aliphatic heterocycles. The van der Waals surface area contributed by atoms with Gasteiger partial charge in [-0.3, -0.25) is 18.2 Å². The second-order valence-corrected chi connectivity index (χ2v) is 19.3. The van der Waals surface area contributed by atoms with Gasteiger partial charge < -0.3 is 65.8 Å². The zero-order valence-electron chi connectivity index (χ0n) is 30.6. The largest absolute Gasteiger partial charge is 0.490 e. The number of phosphoric acid groups is 5. The summed E-state index contributed by atoms with van der Waals surface area (Å²) in [6, 6.07) is 0. The van der Waals surface area contributed by atoms with Crippen molar-refractivity contribution in [2.45, 2.75) is 49.1 Å². The van der Waals surface area contributed by atoms with Crippen LogP contribution in [0.3, 0.4) is 0 Å². The molecule has 2 fully saturated rings. The SMILES string of the molecule is Nc1ncnc2c1ncn2[C@@H]1O[C@H](COP(=O)(O)OP(=O)(O)OP(=O)(O)OP(=O)(O)OP(=O)(O)OC[C@H]2O[C@@H](n3cnc4c(N)ncnc43)[C@H](O)[C@@H]2O)[C@@H](O)[C@H]1O.[Li].[Li].[Li]. The Labute approximate surface area is 369 Å². The van der Waals surface area contributed by atoms with Crippen LogP contribution in [0.4, 0.5) is 11.6 Å². The Balaban J connectivity index is 0.00000320. The summed E-state index contributed by atoms with van der Waals surface area (Å²) < 4.78 is 98.9. The van der Waals surface area contributed by atoms with E-state index in [4.69, 9.17) is 20.9 Å². The van der Waals surface area contributed by atoms with Crippen LogP contribution in [-0.2, 0) is 58.6 Å². The van der Waals surface area contributed by atoms with E-state index in [1.54, 1.807) is 0 Å². The first kappa shape index (κ1) is 53.3. The first-order valence-corrected chi connectivity index (χ1v) is 22.5. The van der Waals surface area contributed by atoms with E-state index in [-0.39, 0.29) is 90.5 Å². The molecule has 32 nitrogen and oxygen atoms in total. The van der Waals surface area contributed by atoms with Gasteiger partial charge in [-0.15, -0.1) is 0 Å². The number of aromatic nitrogens is 8. The molecule has 319 valence electrons. The molecule has 40 heteroatoms. The van der Waals surface area contributed by atoms with Gasteiger partial charge in [-0.25, -0.2) is 52.7 Å². The third kappa shape index (κ3) is 12.2. The van der Waals surface area contributed by atoms with Crippen molar-refractivity contribution in [1.82, 2.24) is 39.0 Å². The standard InChI is InChI=1S/C20H29N10O22P5.3Li/c21-15-9-17(25-3-23-15)29(5-27-9)19-13(33)11(31)7(47-19)1-45-53(35,36)49-55(39,40)51-57(43,44)52-56(41,42)50-54(37,38)46-2-8-12(32)14(34)20(48-8)30-6-28-10-16(22)24-4-26-18(10)30;;;/h3-8,11-14,19-20,31-34H,1-2H2,(H,35,36)(H,37,38)(H,39,40)(H,41,42)(H,43,44)(H2,21,23,25)(H2,22,24,26);;;/t7-,8-,11-,12-,13-,14-,19-,20-;;;/m1.../s1. The zero-order valence-corrected chi connectivity index (χ0v) is 35.1. The van der Waals surface area contributed by atoms with Gasteiger partial charge in [-0.05, 0) is 0 Å². The minimum atomic E-state index is -6.45. The number of aliphatic hydroxyl groups is 4. The van der Waals surface area contributed by atoms with E-state index in [1.807, 2.05) is 0 Å². The molecular weight excluding hydrogens is 908 g/mol. The van der Waals surface area contributed by atoms with Gasteiger partial charge in [0.2, 0.25) is 0 Å². The Morgan fingerprint density at radius 3 is 1.18 bits per heavy atom. The summed E-state index contributed by atoms with van der Waals surface area (Å²) in [5, 5.41) is 41.8. The number of imidazole rings is 2. The van der Waals surface area contributed by atoms with E-state index in [9.17, 15) is 67.7 Å². The van der Waals surface area contributed by atoms with Crippen molar-refractivity contribution in [3.8, 4) is 0 Å². The smallest absolute Gasteiger partial charge is 0.387 e. The van der Waals surface area contributed by atoms with Crippen LogP contribution < -0.4 is 11.5 Å². The summed E-state index contributed by atoms with van der Waals surface area (Å²) in [6.07, 6.45) is -9.04. The van der Waals surface area contributed by atoms with Crippen molar-refractivity contribution >= 4 is 130 Å². The topological polar surface area (TPSA) is 481 Å². The molecule has 13 N–H and O–H groups in total. The van der Waals surface area contributed by atoms with Crippen molar-refractivity contribution in [3.63, 3.8) is 0 Å². The van der Waals surface area contributed by atoms with Gasteiger partial charge >= 0.3 is 39.1 Å². The molecule has 2 aliphatic rings. The number of nitrogen functional groups attached to an aromatic ring is 2. The molecule has 0 saturated carbocycles. The molecule has 0 bridgehead atoms. The minimum absolute atomic E-state index is 0. The monoisotopic (exact) mass is 937 g/mol. The van der Waals surface area contributed by atoms with Crippen LogP contribution in [0, 0.1) is 0 Å². The number of nitrogens with zero attached hydrogens (tertiary/aromatic N) is 8. The average molecular weight is 937 g/mol. The van der Waals surface area contributed by atoms with E-state index >= 15 is 0 Å². The Kier molecular flexibility index (Phi) is 17.8. The number of phosphoric ester groups is 2. The summed E-state index contributed by atoms with van der Waals surface area (Å²) in [7, 11) is -30.8. The van der Waals surface area contributed by atoms with Crippen LogP contribution in [-0.4, -0.2) is 190 Å². The molecular formula is C20H29Li3N10O22P5. The van der Waals surface area contributed by atoms with Gasteiger partial charge in [0.15, 0.2) is 35.4 Å². The molecule has 4 aromatic heterocycles. The van der Waals surface area contributed by atoms with Crippen LogP contribution in [0.5, 0.6) is 0 Å². The quantitative estimate of drug-likeness (QED) is 0.0384. The van der Waals surface area contributed by atoms with Crippen LogP contribution >= 0.6 is 39.1 Å². The Morgan fingerprint density at radius 2 is 0.850 bits per heavy atom. The fourth-order valence-electron chi connectivity index (χ4n) is 5.25. The molecule has 4 aromatic rings. The summed E-state index contributed by atoms with van der Waals surface area (Å²) in [5.74, 6) is -0.0770. The van der Waals surface area contributed by atoms with E-state index in [2.05, 4.69) is 56.2 Å². The van der Waals surface area contributed by atoms with E-state index in [0.29, 0.717) is 0 Å². The molecule has 2 saturated heterocycles. The van der Waals surface area contributed by atoms with Crippen molar-refractivity contribution in [3.05, 3.63) is 25.3 Å². The molecule has 3 radical (unpaired) electrons. The fourth-order valence-corrected chi connectivity index (χ4v) is 11.6. The van der Waals surface area contributed by atoms with E-state index in [0.717, 1.165) is 34.4 Å². The molecule has 6 rings (SSSR count). The first-order valence-electron chi connectivity index (χ1n) is 15.1. The van der Waals surface area contributed by atoms with Crippen LogP contribution in [0.25, 0.3) is 22.3 Å². The maximum atomic E-state index is 12.4. The van der Waals surface area contributed by atoms with Gasteiger partial charge in [0.1, 0.15) is 60.3 Å². The molecule has 6 heterocycles. The number of hydrogen-bond donors (Lipinski definition) is 11. The molecule has 0 aromatic carbocycles. The number of fused-ring (bicyclic) bond motifs is 2. The number of anilines is 2. The molecule has 4 unspecified atom stereocenters. The number of rotatable bonds is 16. The van der Waals surface area contributed by atoms with E-state index < -0.39 is 101 Å². The van der Waals surface area contributed by atoms with Gasteiger partial charge in [0.05, 0.1) is 25.9 Å². The van der Waals surface area contributed by atoms with Crippen LogP contribution in [0.15, 0.2) is 25.3 Å². The fraction of sp³-hybridized carbons (Fsp3) is 0.500. The summed E-state index contributed by atoms with van der Waals surface area (Å²) >= 11 is 0. The van der Waals surface area contributed by atoms with Crippen molar-refractivity contribution in [2.24, 2.45) is 0 Å². The first-order chi connectivity index (χ1) is 26.4.